The Morgan fingerprint density at radius 3 is 2.89 bits per heavy atom. The predicted molar refractivity (Wildman–Crippen MR) is 75.9 cm³/mol. The minimum absolute atomic E-state index is 0.173. The minimum Gasteiger partial charge on any atom is -0.319 e. The fourth-order valence-electron chi connectivity index (χ4n) is 3.14. The molecule has 1 saturated heterocycles. The van der Waals surface area contributed by atoms with Crippen LogP contribution in [0.2, 0.25) is 0 Å². The highest BCUT2D eigenvalue weighted by atomic mass is 32.1. The van der Waals surface area contributed by atoms with E-state index in [2.05, 4.69) is 18.9 Å². The Labute approximate surface area is 113 Å². The molecule has 4 heteroatoms. The van der Waals surface area contributed by atoms with Crippen molar-refractivity contribution >= 4 is 11.3 Å². The van der Waals surface area contributed by atoms with E-state index in [0.717, 1.165) is 25.8 Å². The Balaban J connectivity index is 1.87. The third-order valence-electron chi connectivity index (χ3n) is 4.59. The van der Waals surface area contributed by atoms with Crippen LogP contribution in [0.25, 0.3) is 0 Å². The first-order chi connectivity index (χ1) is 8.58. The van der Waals surface area contributed by atoms with Gasteiger partial charge in [-0.3, -0.25) is 0 Å². The maximum Gasteiger partial charge on any atom is 0.113 e. The van der Waals surface area contributed by atoms with Gasteiger partial charge in [0.15, 0.2) is 0 Å². The van der Waals surface area contributed by atoms with E-state index in [1.165, 1.54) is 34.8 Å². The smallest absolute Gasteiger partial charge is 0.113 e. The summed E-state index contributed by atoms with van der Waals surface area (Å²) in [6, 6.07) is 0.560. The molecule has 3 nitrogen and oxygen atoms in total. The molecule has 0 aromatic carbocycles. The van der Waals surface area contributed by atoms with Crippen molar-refractivity contribution in [1.82, 2.24) is 9.88 Å². The molecular weight excluding hydrogens is 242 g/mol. The molecule has 2 N–H and O–H groups in total. The van der Waals surface area contributed by atoms with Crippen molar-refractivity contribution in [1.29, 1.82) is 0 Å². The van der Waals surface area contributed by atoms with Crippen LogP contribution in [0.1, 0.15) is 48.2 Å². The second-order valence-electron chi connectivity index (χ2n) is 6.04. The fraction of sp³-hybridized carbons (Fsp3) is 0.786. The summed E-state index contributed by atoms with van der Waals surface area (Å²) in [6.07, 6.45) is 7.09. The standard InChI is InChI=1S/C14H23N3S/c1-10-9-14(15,7-8-17(10)2)13-16-11-5-3-4-6-12(11)18-13/h10H,3-9,15H2,1-2H3. The molecule has 100 valence electrons. The average molecular weight is 265 g/mol. The summed E-state index contributed by atoms with van der Waals surface area (Å²) < 4.78 is 0. The first-order valence-electron chi connectivity index (χ1n) is 7.07. The molecule has 1 aliphatic carbocycles. The van der Waals surface area contributed by atoms with Crippen molar-refractivity contribution in [3.63, 3.8) is 0 Å². The molecule has 1 aromatic rings. The summed E-state index contributed by atoms with van der Waals surface area (Å²) in [6.45, 7) is 3.36. The third kappa shape index (κ3) is 2.10. The molecule has 2 unspecified atom stereocenters. The summed E-state index contributed by atoms with van der Waals surface area (Å²) >= 11 is 1.89. The number of aromatic nitrogens is 1. The molecule has 3 rings (SSSR count). The van der Waals surface area contributed by atoms with Crippen LogP contribution in [0.3, 0.4) is 0 Å². The molecule has 2 atom stereocenters. The van der Waals surface area contributed by atoms with E-state index in [4.69, 9.17) is 10.7 Å². The maximum absolute atomic E-state index is 6.67. The van der Waals surface area contributed by atoms with E-state index in [-0.39, 0.29) is 5.54 Å². The van der Waals surface area contributed by atoms with E-state index in [1.807, 2.05) is 11.3 Å². The lowest BCUT2D eigenvalue weighted by molar-refractivity contribution is 0.131. The number of thiazole rings is 1. The molecule has 18 heavy (non-hydrogen) atoms. The van der Waals surface area contributed by atoms with Crippen LogP contribution in [0, 0.1) is 0 Å². The van der Waals surface area contributed by atoms with Crippen molar-refractivity contribution in [2.45, 2.75) is 57.0 Å². The van der Waals surface area contributed by atoms with Crippen LogP contribution < -0.4 is 5.73 Å². The van der Waals surface area contributed by atoms with Gasteiger partial charge in [-0.2, -0.15) is 0 Å². The van der Waals surface area contributed by atoms with Gasteiger partial charge >= 0.3 is 0 Å². The number of fused-ring (bicyclic) bond motifs is 1. The predicted octanol–water partition coefficient (Wildman–Crippen LogP) is 2.29. The van der Waals surface area contributed by atoms with Gasteiger partial charge in [0.2, 0.25) is 0 Å². The number of piperidine rings is 1. The van der Waals surface area contributed by atoms with Crippen molar-refractivity contribution < 1.29 is 0 Å². The van der Waals surface area contributed by atoms with E-state index < -0.39 is 0 Å². The molecule has 0 amide bonds. The molecule has 0 saturated carbocycles. The number of nitrogens with two attached hydrogens (primary N) is 1. The minimum atomic E-state index is -0.173. The van der Waals surface area contributed by atoms with Gasteiger partial charge in [0, 0.05) is 17.5 Å². The van der Waals surface area contributed by atoms with Crippen LogP contribution in [0.15, 0.2) is 0 Å². The highest BCUT2D eigenvalue weighted by molar-refractivity contribution is 7.11. The summed E-state index contributed by atoms with van der Waals surface area (Å²) in [5, 5.41) is 1.20. The van der Waals surface area contributed by atoms with Crippen LogP contribution in [0.5, 0.6) is 0 Å². The Morgan fingerprint density at radius 1 is 1.39 bits per heavy atom. The van der Waals surface area contributed by atoms with Gasteiger partial charge in [0.25, 0.3) is 0 Å². The zero-order valence-corrected chi connectivity index (χ0v) is 12.2. The lowest BCUT2D eigenvalue weighted by Gasteiger charge is -2.40. The fourth-order valence-corrected chi connectivity index (χ4v) is 4.43. The van der Waals surface area contributed by atoms with Crippen molar-refractivity contribution in [2.24, 2.45) is 5.73 Å². The van der Waals surface area contributed by atoms with Gasteiger partial charge in [0.05, 0.1) is 11.2 Å². The number of likely N-dealkylation sites (tertiary alicyclic amines) is 1. The van der Waals surface area contributed by atoms with Crippen LogP contribution in [-0.2, 0) is 18.4 Å². The van der Waals surface area contributed by atoms with E-state index in [9.17, 15) is 0 Å². The normalized spacial score (nSPS) is 33.4. The van der Waals surface area contributed by atoms with Gasteiger partial charge in [-0.25, -0.2) is 4.98 Å². The van der Waals surface area contributed by atoms with E-state index >= 15 is 0 Å². The highest BCUT2D eigenvalue weighted by Gasteiger charge is 2.38. The largest absolute Gasteiger partial charge is 0.319 e. The van der Waals surface area contributed by atoms with Gasteiger partial charge in [0.1, 0.15) is 5.01 Å². The van der Waals surface area contributed by atoms with Crippen molar-refractivity contribution in [2.75, 3.05) is 13.6 Å². The Morgan fingerprint density at radius 2 is 2.17 bits per heavy atom. The number of aryl methyl sites for hydroxylation is 2. The molecule has 1 aromatic heterocycles. The Bertz CT molecular complexity index is 419. The number of rotatable bonds is 1. The van der Waals surface area contributed by atoms with Gasteiger partial charge in [-0.15, -0.1) is 11.3 Å². The summed E-state index contributed by atoms with van der Waals surface area (Å²) in [4.78, 5) is 8.79. The van der Waals surface area contributed by atoms with Crippen LogP contribution in [-0.4, -0.2) is 29.5 Å². The van der Waals surface area contributed by atoms with Gasteiger partial charge < -0.3 is 10.6 Å². The number of hydrogen-bond donors (Lipinski definition) is 1. The first-order valence-corrected chi connectivity index (χ1v) is 7.88. The molecular formula is C14H23N3S. The molecule has 0 bridgehead atoms. The quantitative estimate of drug-likeness (QED) is 0.847. The van der Waals surface area contributed by atoms with Crippen molar-refractivity contribution in [3.8, 4) is 0 Å². The summed E-state index contributed by atoms with van der Waals surface area (Å²) in [5.74, 6) is 0. The van der Waals surface area contributed by atoms with Gasteiger partial charge in [-0.05, 0) is 52.5 Å². The molecule has 2 heterocycles. The lowest BCUT2D eigenvalue weighted by Crippen LogP contribution is -2.50. The Hall–Kier alpha value is -0.450. The monoisotopic (exact) mass is 265 g/mol. The maximum atomic E-state index is 6.67. The van der Waals surface area contributed by atoms with Crippen LogP contribution >= 0.6 is 11.3 Å². The second-order valence-corrected chi connectivity index (χ2v) is 7.12. The molecule has 0 spiro atoms. The van der Waals surface area contributed by atoms with Crippen LogP contribution in [0.4, 0.5) is 0 Å². The van der Waals surface area contributed by atoms with Gasteiger partial charge in [-0.1, -0.05) is 0 Å². The topological polar surface area (TPSA) is 42.1 Å². The first kappa shape index (κ1) is 12.6. The summed E-state index contributed by atoms with van der Waals surface area (Å²) in [5.41, 5.74) is 7.84. The SMILES string of the molecule is CC1CC(N)(c2nc3c(s2)CCCC3)CCN1C. The number of hydrogen-bond acceptors (Lipinski definition) is 4. The average Bonchev–Trinajstić information content (AvgIpc) is 2.79. The molecule has 2 aliphatic rings. The van der Waals surface area contributed by atoms with Crippen molar-refractivity contribution in [3.05, 3.63) is 15.6 Å². The third-order valence-corrected chi connectivity index (χ3v) is 5.97. The molecule has 1 aliphatic heterocycles. The van der Waals surface area contributed by atoms with E-state index in [0.29, 0.717) is 6.04 Å². The zero-order valence-electron chi connectivity index (χ0n) is 11.4. The summed E-state index contributed by atoms with van der Waals surface area (Å²) in [7, 11) is 2.19. The number of nitrogens with zero attached hydrogens (tertiary/aromatic N) is 2. The molecule has 1 fully saturated rings. The molecule has 0 radical (unpaired) electrons. The second kappa shape index (κ2) is 4.58. The highest BCUT2D eigenvalue weighted by Crippen LogP contribution is 2.38. The Kier molecular flexibility index (Phi) is 3.20. The lowest BCUT2D eigenvalue weighted by atomic mass is 9.85. The zero-order chi connectivity index (χ0) is 12.8. The van der Waals surface area contributed by atoms with E-state index in [1.54, 1.807) is 0 Å².